The molecule has 0 radical (unpaired) electrons. The smallest absolute Gasteiger partial charge is 0.274 e. The summed E-state index contributed by atoms with van der Waals surface area (Å²) in [5, 5.41) is 2.92. The van der Waals surface area contributed by atoms with E-state index in [9.17, 15) is 4.79 Å². The van der Waals surface area contributed by atoms with E-state index in [1.54, 1.807) is 11.5 Å². The molecule has 0 aliphatic rings. The fourth-order valence-corrected chi connectivity index (χ4v) is 2.89. The Hall–Kier alpha value is -2.34. The summed E-state index contributed by atoms with van der Waals surface area (Å²) in [6, 6.07) is 11.1. The van der Waals surface area contributed by atoms with Gasteiger partial charge in [-0.15, -0.1) is 0 Å². The van der Waals surface area contributed by atoms with Gasteiger partial charge in [0.1, 0.15) is 5.69 Å². The summed E-state index contributed by atoms with van der Waals surface area (Å²) in [5.41, 5.74) is 2.64. The van der Waals surface area contributed by atoms with Crippen LogP contribution in [0.3, 0.4) is 0 Å². The number of halogens is 1. The van der Waals surface area contributed by atoms with Crippen molar-refractivity contribution in [3.05, 3.63) is 58.5 Å². The van der Waals surface area contributed by atoms with E-state index in [-0.39, 0.29) is 5.91 Å². The lowest BCUT2D eigenvalue weighted by Crippen LogP contribution is -2.16. The molecule has 0 fully saturated rings. The molecular formula is C17H16BrN3O2. The molecule has 1 amide bonds. The van der Waals surface area contributed by atoms with Crippen molar-refractivity contribution >= 4 is 33.2 Å². The van der Waals surface area contributed by atoms with Crippen LogP contribution in [-0.4, -0.2) is 22.4 Å². The Balaban J connectivity index is 2.06. The maximum Gasteiger partial charge on any atom is 0.274 e. The Kier molecular flexibility index (Phi) is 4.34. The van der Waals surface area contributed by atoms with Crippen molar-refractivity contribution < 1.29 is 9.53 Å². The Morgan fingerprint density at radius 3 is 2.87 bits per heavy atom. The molecule has 6 heteroatoms. The number of carbonyl (C=O) groups excluding carboxylic acids is 1. The normalized spacial score (nSPS) is 10.7. The number of methoxy groups -OCH3 is 1. The molecule has 0 spiro atoms. The number of rotatable bonds is 4. The van der Waals surface area contributed by atoms with Gasteiger partial charge in [-0.05, 0) is 36.8 Å². The highest BCUT2D eigenvalue weighted by Gasteiger charge is 2.20. The first kappa shape index (κ1) is 15.6. The molecule has 0 saturated heterocycles. The van der Waals surface area contributed by atoms with Gasteiger partial charge in [-0.3, -0.25) is 9.20 Å². The van der Waals surface area contributed by atoms with E-state index in [1.165, 1.54) is 0 Å². The highest BCUT2D eigenvalue weighted by molar-refractivity contribution is 9.10. The van der Waals surface area contributed by atoms with Crippen LogP contribution in [0.4, 0.5) is 5.69 Å². The zero-order valence-electron chi connectivity index (χ0n) is 12.8. The van der Waals surface area contributed by atoms with E-state index in [0.717, 1.165) is 15.9 Å². The van der Waals surface area contributed by atoms with Crippen LogP contribution in [0.1, 0.15) is 23.1 Å². The van der Waals surface area contributed by atoms with Crippen molar-refractivity contribution in [2.75, 3.05) is 12.4 Å². The molecule has 0 saturated carbocycles. The molecule has 2 aromatic heterocycles. The number of fused-ring (bicyclic) bond motifs is 1. The molecule has 118 valence electrons. The fourth-order valence-electron chi connectivity index (χ4n) is 2.49. The number of aryl methyl sites for hydroxylation is 1. The van der Waals surface area contributed by atoms with Crippen LogP contribution < -0.4 is 10.1 Å². The first-order chi connectivity index (χ1) is 11.1. The van der Waals surface area contributed by atoms with E-state index in [0.29, 0.717) is 23.5 Å². The third-order valence-corrected chi connectivity index (χ3v) is 4.03. The number of nitrogens with zero attached hydrogens (tertiary/aromatic N) is 2. The lowest BCUT2D eigenvalue weighted by atomic mass is 10.2. The molecule has 5 nitrogen and oxygen atoms in total. The monoisotopic (exact) mass is 373 g/mol. The third kappa shape index (κ3) is 2.94. The highest BCUT2D eigenvalue weighted by Crippen LogP contribution is 2.23. The minimum atomic E-state index is -0.194. The third-order valence-electron chi connectivity index (χ3n) is 3.54. The second-order valence-corrected chi connectivity index (χ2v) is 5.91. The summed E-state index contributed by atoms with van der Waals surface area (Å²) in [7, 11) is 1.59. The molecule has 0 atom stereocenters. The lowest BCUT2D eigenvalue weighted by molar-refractivity contribution is 0.102. The zero-order valence-corrected chi connectivity index (χ0v) is 14.4. The Bertz CT molecular complexity index is 873. The number of amides is 1. The predicted octanol–water partition coefficient (Wildman–Crippen LogP) is 3.92. The summed E-state index contributed by atoms with van der Waals surface area (Å²) in [4.78, 5) is 17.3. The number of hydrogen-bond acceptors (Lipinski definition) is 3. The van der Waals surface area contributed by atoms with Crippen molar-refractivity contribution in [3.8, 4) is 5.75 Å². The summed E-state index contributed by atoms with van der Waals surface area (Å²) in [6.45, 7) is 1.98. The first-order valence-electron chi connectivity index (χ1n) is 7.25. The Labute approximate surface area is 142 Å². The summed E-state index contributed by atoms with van der Waals surface area (Å²) < 4.78 is 8.01. The van der Waals surface area contributed by atoms with Crippen LogP contribution in [0.5, 0.6) is 5.75 Å². The van der Waals surface area contributed by atoms with Crippen molar-refractivity contribution in [1.82, 2.24) is 9.38 Å². The maximum atomic E-state index is 12.8. The van der Waals surface area contributed by atoms with Gasteiger partial charge in [0.05, 0.1) is 12.8 Å². The number of nitrogens with one attached hydrogen (secondary N) is 1. The largest absolute Gasteiger partial charge is 0.493 e. The minimum absolute atomic E-state index is 0.194. The first-order valence-corrected chi connectivity index (χ1v) is 8.04. The summed E-state index contributed by atoms with van der Waals surface area (Å²) in [6.07, 6.45) is 2.48. The number of aromatic nitrogens is 2. The molecule has 0 bridgehead atoms. The Morgan fingerprint density at radius 2 is 2.17 bits per heavy atom. The number of benzene rings is 1. The highest BCUT2D eigenvalue weighted by atomic mass is 79.9. The van der Waals surface area contributed by atoms with Gasteiger partial charge in [0.2, 0.25) is 0 Å². The van der Waals surface area contributed by atoms with Crippen LogP contribution in [0.25, 0.3) is 5.65 Å². The van der Waals surface area contributed by atoms with Gasteiger partial charge >= 0.3 is 0 Å². The van der Waals surface area contributed by atoms with E-state index in [2.05, 4.69) is 26.2 Å². The number of imidazole rings is 1. The van der Waals surface area contributed by atoms with Gasteiger partial charge in [-0.25, -0.2) is 4.98 Å². The summed E-state index contributed by atoms with van der Waals surface area (Å²) >= 11 is 3.40. The van der Waals surface area contributed by atoms with Gasteiger partial charge in [0.25, 0.3) is 5.91 Å². The van der Waals surface area contributed by atoms with Crippen LogP contribution >= 0.6 is 15.9 Å². The summed E-state index contributed by atoms with van der Waals surface area (Å²) in [5.74, 6) is 0.449. The molecule has 3 rings (SSSR count). The average molecular weight is 374 g/mol. The quantitative estimate of drug-likeness (QED) is 0.753. The van der Waals surface area contributed by atoms with E-state index in [4.69, 9.17) is 4.74 Å². The molecule has 1 N–H and O–H groups in total. The molecule has 0 aliphatic heterocycles. The van der Waals surface area contributed by atoms with Crippen molar-refractivity contribution in [1.29, 1.82) is 0 Å². The van der Waals surface area contributed by atoms with Gasteiger partial charge in [0, 0.05) is 16.4 Å². The SMILES string of the molecule is CCc1nc2c(OC)cccn2c1C(=O)Nc1cccc(Br)c1. The molecule has 2 heterocycles. The van der Waals surface area contributed by atoms with Crippen molar-refractivity contribution in [2.24, 2.45) is 0 Å². The van der Waals surface area contributed by atoms with Crippen LogP contribution in [-0.2, 0) is 6.42 Å². The number of ether oxygens (including phenoxy) is 1. The van der Waals surface area contributed by atoms with Crippen LogP contribution in [0, 0.1) is 0 Å². The van der Waals surface area contributed by atoms with Crippen LogP contribution in [0.2, 0.25) is 0 Å². The van der Waals surface area contributed by atoms with Crippen molar-refractivity contribution in [2.45, 2.75) is 13.3 Å². The molecule has 0 aliphatic carbocycles. The second kappa shape index (κ2) is 6.42. The lowest BCUT2D eigenvalue weighted by Gasteiger charge is -2.07. The molecule has 1 aromatic carbocycles. The van der Waals surface area contributed by atoms with E-state index >= 15 is 0 Å². The molecule has 3 aromatic rings. The topological polar surface area (TPSA) is 55.6 Å². The van der Waals surface area contributed by atoms with Crippen LogP contribution in [0.15, 0.2) is 47.1 Å². The number of hydrogen-bond donors (Lipinski definition) is 1. The van der Waals surface area contributed by atoms with Gasteiger partial charge in [-0.1, -0.05) is 28.9 Å². The zero-order chi connectivity index (χ0) is 16.4. The Morgan fingerprint density at radius 1 is 1.35 bits per heavy atom. The maximum absolute atomic E-state index is 12.8. The van der Waals surface area contributed by atoms with Crippen molar-refractivity contribution in [3.63, 3.8) is 0 Å². The number of carbonyl (C=O) groups is 1. The standard InChI is InChI=1S/C17H16BrN3O2/c1-3-13-15(17(22)19-12-7-4-6-11(18)10-12)21-9-5-8-14(23-2)16(21)20-13/h4-10H,3H2,1-2H3,(H,19,22). The molecule has 0 unspecified atom stereocenters. The minimum Gasteiger partial charge on any atom is -0.493 e. The van der Waals surface area contributed by atoms with Gasteiger partial charge in [0.15, 0.2) is 11.4 Å². The van der Waals surface area contributed by atoms with E-state index in [1.807, 2.05) is 49.5 Å². The predicted molar refractivity (Wildman–Crippen MR) is 93.2 cm³/mol. The molecular weight excluding hydrogens is 358 g/mol. The van der Waals surface area contributed by atoms with Gasteiger partial charge in [-0.2, -0.15) is 0 Å². The number of anilines is 1. The average Bonchev–Trinajstić information content (AvgIpc) is 2.93. The fraction of sp³-hybridized carbons (Fsp3) is 0.176. The van der Waals surface area contributed by atoms with Gasteiger partial charge < -0.3 is 10.1 Å². The second-order valence-electron chi connectivity index (χ2n) is 5.00. The number of pyridine rings is 1. The van der Waals surface area contributed by atoms with E-state index < -0.39 is 0 Å². The molecule has 23 heavy (non-hydrogen) atoms.